The Bertz CT molecular complexity index is 400. The van der Waals surface area contributed by atoms with E-state index in [9.17, 15) is 0 Å². The molecule has 1 aliphatic heterocycles. The third kappa shape index (κ3) is 4.50. The Labute approximate surface area is 122 Å². The smallest absolute Gasteiger partial charge is 0.122 e. The van der Waals surface area contributed by atoms with Gasteiger partial charge in [-0.15, -0.1) is 0 Å². The van der Waals surface area contributed by atoms with E-state index >= 15 is 0 Å². The third-order valence-corrected chi connectivity index (χ3v) is 3.86. The van der Waals surface area contributed by atoms with Gasteiger partial charge >= 0.3 is 0 Å². The average molecular weight is 277 g/mol. The molecular formula is C17H27NO2. The second-order valence-corrected chi connectivity index (χ2v) is 5.29. The van der Waals surface area contributed by atoms with Gasteiger partial charge in [-0.3, -0.25) is 4.90 Å². The summed E-state index contributed by atoms with van der Waals surface area (Å²) in [7, 11) is 0. The summed E-state index contributed by atoms with van der Waals surface area (Å²) in [6.07, 6.45) is 3.37. The highest BCUT2D eigenvalue weighted by Crippen LogP contribution is 2.22. The van der Waals surface area contributed by atoms with Gasteiger partial charge in [0.15, 0.2) is 0 Å². The van der Waals surface area contributed by atoms with Gasteiger partial charge in [-0.05, 0) is 49.9 Å². The molecule has 3 heteroatoms. The van der Waals surface area contributed by atoms with E-state index in [1.807, 2.05) is 6.92 Å². The van der Waals surface area contributed by atoms with E-state index in [4.69, 9.17) is 9.47 Å². The fourth-order valence-corrected chi connectivity index (χ4v) is 2.66. The van der Waals surface area contributed by atoms with Crippen molar-refractivity contribution in [3.63, 3.8) is 0 Å². The number of morpholine rings is 1. The van der Waals surface area contributed by atoms with Gasteiger partial charge in [-0.1, -0.05) is 19.1 Å². The van der Waals surface area contributed by atoms with Crippen LogP contribution >= 0.6 is 0 Å². The predicted octanol–water partition coefficient (Wildman–Crippen LogP) is 2.91. The minimum absolute atomic E-state index is 0.738. The van der Waals surface area contributed by atoms with Crippen molar-refractivity contribution in [3.05, 3.63) is 29.3 Å². The van der Waals surface area contributed by atoms with E-state index in [0.717, 1.165) is 58.0 Å². The van der Waals surface area contributed by atoms with Crippen molar-refractivity contribution in [2.75, 3.05) is 39.5 Å². The predicted molar refractivity (Wildman–Crippen MR) is 82.6 cm³/mol. The lowest BCUT2D eigenvalue weighted by molar-refractivity contribution is 0.0374. The summed E-state index contributed by atoms with van der Waals surface area (Å²) in [5.41, 5.74) is 2.76. The molecular weight excluding hydrogens is 250 g/mol. The summed E-state index contributed by atoms with van der Waals surface area (Å²) < 4.78 is 11.1. The molecule has 1 aromatic carbocycles. The summed E-state index contributed by atoms with van der Waals surface area (Å²) in [5.74, 6) is 1.06. The van der Waals surface area contributed by atoms with E-state index in [1.165, 1.54) is 17.5 Å². The van der Waals surface area contributed by atoms with Crippen LogP contribution in [0.25, 0.3) is 0 Å². The first kappa shape index (κ1) is 15.3. The first-order valence-corrected chi connectivity index (χ1v) is 7.88. The van der Waals surface area contributed by atoms with Crippen LogP contribution in [0.5, 0.6) is 5.75 Å². The van der Waals surface area contributed by atoms with Crippen LogP contribution in [0.1, 0.15) is 31.4 Å². The van der Waals surface area contributed by atoms with Gasteiger partial charge in [-0.25, -0.2) is 0 Å². The van der Waals surface area contributed by atoms with Crippen molar-refractivity contribution in [1.82, 2.24) is 4.90 Å². The third-order valence-electron chi connectivity index (χ3n) is 3.86. The molecule has 1 aliphatic rings. The molecule has 0 radical (unpaired) electrons. The average Bonchev–Trinajstić information content (AvgIpc) is 2.50. The van der Waals surface area contributed by atoms with Crippen LogP contribution < -0.4 is 4.74 Å². The van der Waals surface area contributed by atoms with Gasteiger partial charge in [0.1, 0.15) is 5.75 Å². The van der Waals surface area contributed by atoms with E-state index in [-0.39, 0.29) is 0 Å². The van der Waals surface area contributed by atoms with E-state index in [2.05, 4.69) is 30.0 Å². The standard InChI is InChI=1S/C17H27NO2/c1-3-15-7-8-17(20-4-2)16(14-15)6-5-9-18-10-12-19-13-11-18/h7-8,14H,3-6,9-13H2,1-2H3. The Morgan fingerprint density at radius 2 is 2.00 bits per heavy atom. The molecule has 0 aliphatic carbocycles. The second-order valence-electron chi connectivity index (χ2n) is 5.29. The SMILES string of the molecule is CCOc1ccc(CC)cc1CCCN1CCOCC1. The fraction of sp³-hybridized carbons (Fsp3) is 0.647. The Morgan fingerprint density at radius 3 is 2.70 bits per heavy atom. The molecule has 112 valence electrons. The first-order chi connectivity index (χ1) is 9.83. The highest BCUT2D eigenvalue weighted by molar-refractivity contribution is 5.37. The van der Waals surface area contributed by atoms with Crippen LogP contribution in [0.2, 0.25) is 0 Å². The van der Waals surface area contributed by atoms with Gasteiger partial charge in [-0.2, -0.15) is 0 Å². The van der Waals surface area contributed by atoms with Crippen LogP contribution in [0.15, 0.2) is 18.2 Å². The molecule has 1 aromatic rings. The van der Waals surface area contributed by atoms with Gasteiger partial charge in [0, 0.05) is 13.1 Å². The monoisotopic (exact) mass is 277 g/mol. The molecule has 0 bridgehead atoms. The maximum Gasteiger partial charge on any atom is 0.122 e. The quantitative estimate of drug-likeness (QED) is 0.765. The number of rotatable bonds is 7. The summed E-state index contributed by atoms with van der Waals surface area (Å²) in [6, 6.07) is 6.62. The molecule has 0 N–H and O–H groups in total. The summed E-state index contributed by atoms with van der Waals surface area (Å²) >= 11 is 0. The lowest BCUT2D eigenvalue weighted by Crippen LogP contribution is -2.36. The highest BCUT2D eigenvalue weighted by atomic mass is 16.5. The second kappa shape index (κ2) is 8.28. The van der Waals surface area contributed by atoms with Crippen LogP contribution in [-0.2, 0) is 17.6 Å². The summed E-state index contributed by atoms with van der Waals surface area (Å²) in [4.78, 5) is 2.49. The van der Waals surface area contributed by atoms with Crippen LogP contribution in [-0.4, -0.2) is 44.4 Å². The zero-order chi connectivity index (χ0) is 14.2. The molecule has 1 fully saturated rings. The molecule has 2 rings (SSSR count). The lowest BCUT2D eigenvalue weighted by atomic mass is 10.0. The number of nitrogens with zero attached hydrogens (tertiary/aromatic N) is 1. The molecule has 0 aromatic heterocycles. The zero-order valence-corrected chi connectivity index (χ0v) is 12.9. The number of hydrogen-bond acceptors (Lipinski definition) is 3. The molecule has 3 nitrogen and oxygen atoms in total. The zero-order valence-electron chi connectivity index (χ0n) is 12.9. The van der Waals surface area contributed by atoms with Crippen molar-refractivity contribution in [3.8, 4) is 5.75 Å². The molecule has 1 saturated heterocycles. The number of aryl methyl sites for hydroxylation is 2. The van der Waals surface area contributed by atoms with Crippen molar-refractivity contribution in [1.29, 1.82) is 0 Å². The van der Waals surface area contributed by atoms with Gasteiger partial charge in [0.25, 0.3) is 0 Å². The van der Waals surface area contributed by atoms with E-state index in [1.54, 1.807) is 0 Å². The van der Waals surface area contributed by atoms with Crippen molar-refractivity contribution in [2.24, 2.45) is 0 Å². The van der Waals surface area contributed by atoms with Crippen molar-refractivity contribution in [2.45, 2.75) is 33.1 Å². The summed E-state index contributed by atoms with van der Waals surface area (Å²) in [5, 5.41) is 0. The number of ether oxygens (including phenoxy) is 2. The van der Waals surface area contributed by atoms with Gasteiger partial charge < -0.3 is 9.47 Å². The van der Waals surface area contributed by atoms with Crippen molar-refractivity contribution >= 4 is 0 Å². The molecule has 0 atom stereocenters. The Balaban J connectivity index is 1.89. The normalized spacial score (nSPS) is 16.3. The maximum absolute atomic E-state index is 5.75. The fourth-order valence-electron chi connectivity index (χ4n) is 2.66. The van der Waals surface area contributed by atoms with Crippen LogP contribution in [0.3, 0.4) is 0 Å². The van der Waals surface area contributed by atoms with Crippen LogP contribution in [0, 0.1) is 0 Å². The minimum atomic E-state index is 0.738. The Kier molecular flexibility index (Phi) is 6.34. The highest BCUT2D eigenvalue weighted by Gasteiger charge is 2.10. The lowest BCUT2D eigenvalue weighted by Gasteiger charge is -2.26. The largest absolute Gasteiger partial charge is 0.494 e. The molecule has 1 heterocycles. The van der Waals surface area contributed by atoms with Crippen LogP contribution in [0.4, 0.5) is 0 Å². The Morgan fingerprint density at radius 1 is 1.20 bits per heavy atom. The Hall–Kier alpha value is -1.06. The number of benzene rings is 1. The molecule has 0 saturated carbocycles. The van der Waals surface area contributed by atoms with E-state index in [0.29, 0.717) is 0 Å². The van der Waals surface area contributed by atoms with E-state index < -0.39 is 0 Å². The maximum atomic E-state index is 5.75. The van der Waals surface area contributed by atoms with Crippen molar-refractivity contribution < 1.29 is 9.47 Å². The van der Waals surface area contributed by atoms with Gasteiger partial charge in [0.2, 0.25) is 0 Å². The molecule has 0 amide bonds. The topological polar surface area (TPSA) is 21.7 Å². The molecule has 0 unspecified atom stereocenters. The minimum Gasteiger partial charge on any atom is -0.494 e. The van der Waals surface area contributed by atoms with Gasteiger partial charge in [0.05, 0.1) is 19.8 Å². The number of hydrogen-bond donors (Lipinski definition) is 0. The first-order valence-electron chi connectivity index (χ1n) is 7.88. The molecule has 0 spiro atoms. The summed E-state index contributed by atoms with van der Waals surface area (Å²) in [6.45, 7) is 10.1. The molecule has 20 heavy (non-hydrogen) atoms.